The average molecular weight is 306 g/mol. The van der Waals surface area contributed by atoms with E-state index in [1.54, 1.807) is 19.1 Å². The molecule has 0 unspecified atom stereocenters. The minimum absolute atomic E-state index is 0.0338. The molecule has 0 atom stereocenters. The Morgan fingerprint density at radius 1 is 1.14 bits per heavy atom. The lowest BCUT2D eigenvalue weighted by Crippen LogP contribution is -2.13. The van der Waals surface area contributed by atoms with E-state index in [0.29, 0.717) is 16.8 Å². The van der Waals surface area contributed by atoms with Crippen molar-refractivity contribution in [2.24, 2.45) is 5.14 Å². The summed E-state index contributed by atoms with van der Waals surface area (Å²) in [6.07, 6.45) is 0. The van der Waals surface area contributed by atoms with Gasteiger partial charge in [-0.1, -0.05) is 6.07 Å². The number of hydrogen-bond donors (Lipinski definition) is 3. The highest BCUT2D eigenvalue weighted by molar-refractivity contribution is 7.89. The van der Waals surface area contributed by atoms with Crippen molar-refractivity contribution in [1.82, 2.24) is 0 Å². The second-order valence-corrected chi connectivity index (χ2v) is 6.09. The smallest absolute Gasteiger partial charge is 0.255 e. The third-order valence-corrected chi connectivity index (χ3v) is 3.84. The van der Waals surface area contributed by atoms with E-state index in [-0.39, 0.29) is 10.6 Å². The number of carbonyl (C=O) groups excluding carboxylic acids is 1. The molecule has 0 aliphatic heterocycles. The van der Waals surface area contributed by atoms with Crippen LogP contribution in [0.1, 0.15) is 15.9 Å². The number of carbonyl (C=O) groups is 1. The summed E-state index contributed by atoms with van der Waals surface area (Å²) in [5.41, 5.74) is 1.39. The molecule has 6 nitrogen and oxygen atoms in total. The molecular weight excluding hydrogens is 292 g/mol. The largest absolute Gasteiger partial charge is 0.508 e. The van der Waals surface area contributed by atoms with Crippen LogP contribution in [0, 0.1) is 6.92 Å². The molecule has 21 heavy (non-hydrogen) atoms. The number of phenols is 1. The highest BCUT2D eigenvalue weighted by Gasteiger charge is 2.10. The van der Waals surface area contributed by atoms with Crippen molar-refractivity contribution in [3.63, 3.8) is 0 Å². The number of nitrogens with two attached hydrogens (primary N) is 1. The van der Waals surface area contributed by atoms with Gasteiger partial charge in [-0.25, -0.2) is 13.6 Å². The molecule has 0 aliphatic carbocycles. The van der Waals surface area contributed by atoms with E-state index in [1.165, 1.54) is 30.3 Å². The summed E-state index contributed by atoms with van der Waals surface area (Å²) in [7, 11) is -3.76. The van der Waals surface area contributed by atoms with Crippen molar-refractivity contribution in [1.29, 1.82) is 0 Å². The zero-order valence-corrected chi connectivity index (χ0v) is 12.0. The quantitative estimate of drug-likeness (QED) is 0.800. The molecule has 0 spiro atoms. The van der Waals surface area contributed by atoms with E-state index >= 15 is 0 Å². The Morgan fingerprint density at radius 3 is 2.29 bits per heavy atom. The summed E-state index contributed by atoms with van der Waals surface area (Å²) in [5, 5.41) is 17.2. The fourth-order valence-corrected chi connectivity index (χ4v) is 2.20. The second kappa shape index (κ2) is 5.55. The fourth-order valence-electron chi connectivity index (χ4n) is 1.68. The van der Waals surface area contributed by atoms with Crippen LogP contribution in [0.5, 0.6) is 5.75 Å². The van der Waals surface area contributed by atoms with Crippen LogP contribution >= 0.6 is 0 Å². The molecule has 4 N–H and O–H groups in total. The number of benzene rings is 2. The van der Waals surface area contributed by atoms with E-state index in [1.807, 2.05) is 0 Å². The van der Waals surface area contributed by atoms with E-state index < -0.39 is 15.9 Å². The molecule has 0 aliphatic rings. The molecule has 2 rings (SSSR count). The van der Waals surface area contributed by atoms with Crippen LogP contribution in [0.25, 0.3) is 0 Å². The molecule has 2 aromatic carbocycles. The van der Waals surface area contributed by atoms with Crippen molar-refractivity contribution >= 4 is 21.6 Å². The monoisotopic (exact) mass is 306 g/mol. The topological polar surface area (TPSA) is 109 Å². The van der Waals surface area contributed by atoms with Gasteiger partial charge in [-0.15, -0.1) is 0 Å². The number of hydrogen-bond acceptors (Lipinski definition) is 4. The van der Waals surface area contributed by atoms with Crippen molar-refractivity contribution in [2.45, 2.75) is 11.8 Å². The first-order valence-corrected chi connectivity index (χ1v) is 7.56. The van der Waals surface area contributed by atoms with Crippen LogP contribution in [0.3, 0.4) is 0 Å². The number of aryl methyl sites for hydroxylation is 1. The van der Waals surface area contributed by atoms with Gasteiger partial charge >= 0.3 is 0 Å². The Hall–Kier alpha value is -2.38. The van der Waals surface area contributed by atoms with Crippen LogP contribution < -0.4 is 10.5 Å². The number of amides is 1. The summed E-state index contributed by atoms with van der Waals surface area (Å²) in [5.74, 6) is -0.374. The van der Waals surface area contributed by atoms with Gasteiger partial charge in [-0.05, 0) is 48.9 Å². The van der Waals surface area contributed by atoms with Crippen LogP contribution in [0.4, 0.5) is 5.69 Å². The van der Waals surface area contributed by atoms with Gasteiger partial charge < -0.3 is 10.4 Å². The third kappa shape index (κ3) is 3.59. The summed E-state index contributed by atoms with van der Waals surface area (Å²) < 4.78 is 22.2. The number of phenolic OH excluding ortho intramolecular Hbond substituents is 1. The molecule has 0 saturated carbocycles. The standard InChI is InChI=1S/C14H14N2O4S/c1-9-2-3-10(8-13(9)17)14(18)16-11-4-6-12(7-5-11)21(15,19)20/h2-8,17H,1H3,(H,16,18)(H2,15,19,20). The van der Waals surface area contributed by atoms with Gasteiger partial charge in [0.05, 0.1) is 4.90 Å². The van der Waals surface area contributed by atoms with Gasteiger partial charge in [-0.2, -0.15) is 0 Å². The Kier molecular flexibility index (Phi) is 3.97. The van der Waals surface area contributed by atoms with Crippen molar-refractivity contribution < 1.29 is 18.3 Å². The van der Waals surface area contributed by atoms with E-state index in [2.05, 4.69) is 5.32 Å². The van der Waals surface area contributed by atoms with Crippen LogP contribution in [0.2, 0.25) is 0 Å². The van der Waals surface area contributed by atoms with Crippen molar-refractivity contribution in [2.75, 3.05) is 5.32 Å². The number of rotatable bonds is 3. The first kappa shape index (κ1) is 15.0. The second-order valence-electron chi connectivity index (χ2n) is 4.52. The summed E-state index contributed by atoms with van der Waals surface area (Å²) in [4.78, 5) is 12.0. The molecule has 7 heteroatoms. The van der Waals surface area contributed by atoms with E-state index in [4.69, 9.17) is 5.14 Å². The van der Waals surface area contributed by atoms with Gasteiger partial charge in [0, 0.05) is 11.3 Å². The van der Waals surface area contributed by atoms with Gasteiger partial charge in [0.1, 0.15) is 5.75 Å². The number of nitrogens with one attached hydrogen (secondary N) is 1. The zero-order valence-electron chi connectivity index (χ0n) is 11.2. The predicted octanol–water partition coefficient (Wildman–Crippen LogP) is 1.60. The lowest BCUT2D eigenvalue weighted by atomic mass is 10.1. The highest BCUT2D eigenvalue weighted by Crippen LogP contribution is 2.19. The number of primary sulfonamides is 1. The minimum Gasteiger partial charge on any atom is -0.508 e. The molecule has 0 aromatic heterocycles. The summed E-state index contributed by atoms with van der Waals surface area (Å²) >= 11 is 0. The normalized spacial score (nSPS) is 11.1. The third-order valence-electron chi connectivity index (χ3n) is 2.91. The Morgan fingerprint density at radius 2 is 1.76 bits per heavy atom. The molecule has 0 fully saturated rings. The Bertz CT molecular complexity index is 783. The molecule has 2 aromatic rings. The minimum atomic E-state index is -3.76. The van der Waals surface area contributed by atoms with Gasteiger partial charge in [0.15, 0.2) is 0 Å². The first-order chi connectivity index (χ1) is 9.77. The van der Waals surface area contributed by atoms with Crippen LogP contribution in [-0.2, 0) is 10.0 Å². The predicted molar refractivity (Wildman–Crippen MR) is 78.6 cm³/mol. The zero-order chi connectivity index (χ0) is 15.6. The Balaban J connectivity index is 2.18. The van der Waals surface area contributed by atoms with Crippen LogP contribution in [0.15, 0.2) is 47.4 Å². The molecule has 110 valence electrons. The molecule has 0 heterocycles. The molecule has 1 amide bonds. The maximum atomic E-state index is 12.0. The van der Waals surface area contributed by atoms with Gasteiger partial charge in [-0.3, -0.25) is 4.79 Å². The Labute approximate surface area is 122 Å². The fraction of sp³-hybridized carbons (Fsp3) is 0.0714. The molecular formula is C14H14N2O4S. The van der Waals surface area contributed by atoms with Gasteiger partial charge in [0.25, 0.3) is 5.91 Å². The van der Waals surface area contributed by atoms with Gasteiger partial charge in [0.2, 0.25) is 10.0 Å². The number of anilines is 1. The lowest BCUT2D eigenvalue weighted by Gasteiger charge is -2.07. The highest BCUT2D eigenvalue weighted by atomic mass is 32.2. The SMILES string of the molecule is Cc1ccc(C(=O)Nc2ccc(S(N)(=O)=O)cc2)cc1O. The first-order valence-electron chi connectivity index (χ1n) is 6.01. The summed E-state index contributed by atoms with van der Waals surface area (Å²) in [6, 6.07) is 10.1. The number of sulfonamides is 1. The average Bonchev–Trinajstić information content (AvgIpc) is 2.41. The van der Waals surface area contributed by atoms with E-state index in [9.17, 15) is 18.3 Å². The van der Waals surface area contributed by atoms with Crippen molar-refractivity contribution in [3.05, 3.63) is 53.6 Å². The van der Waals surface area contributed by atoms with E-state index in [0.717, 1.165) is 0 Å². The molecule has 0 radical (unpaired) electrons. The maximum Gasteiger partial charge on any atom is 0.255 e. The molecule has 0 saturated heterocycles. The number of aromatic hydroxyl groups is 1. The molecule has 0 bridgehead atoms. The maximum absolute atomic E-state index is 12.0. The van der Waals surface area contributed by atoms with Crippen LogP contribution in [-0.4, -0.2) is 19.4 Å². The van der Waals surface area contributed by atoms with Crippen molar-refractivity contribution in [3.8, 4) is 5.75 Å². The lowest BCUT2D eigenvalue weighted by molar-refractivity contribution is 0.102. The summed E-state index contributed by atoms with van der Waals surface area (Å²) in [6.45, 7) is 1.73.